The van der Waals surface area contributed by atoms with Gasteiger partial charge in [-0.2, -0.15) is 5.10 Å². The van der Waals surface area contributed by atoms with E-state index >= 15 is 0 Å². The van der Waals surface area contributed by atoms with Gasteiger partial charge in [0.05, 0.1) is 29.4 Å². The van der Waals surface area contributed by atoms with Gasteiger partial charge in [-0.15, -0.1) is 0 Å². The molecule has 0 fully saturated rings. The summed E-state index contributed by atoms with van der Waals surface area (Å²) in [6.45, 7) is 4.03. The number of hydrogen-bond donors (Lipinski definition) is 1. The summed E-state index contributed by atoms with van der Waals surface area (Å²) < 4.78 is 33.9. The van der Waals surface area contributed by atoms with Crippen LogP contribution >= 0.6 is 0 Å². The Morgan fingerprint density at radius 2 is 1.47 bits per heavy atom. The lowest BCUT2D eigenvalue weighted by Crippen LogP contribution is -2.30. The van der Waals surface area contributed by atoms with Crippen molar-refractivity contribution in [3.05, 3.63) is 126 Å². The van der Waals surface area contributed by atoms with Gasteiger partial charge in [0.15, 0.2) is 0 Å². The standard InChI is InChI=1S/C30H29N3O4S/c1-23(2)37-28-19-15-24(16-20-28)21-31-32-30(34)26-17-13-25(14-18-26)22-33(27-9-5-3-6-10-27)38(35,36)29-11-7-4-8-12-29/h3-21,23H,22H2,1-2H3,(H,32,34)/b31-21-. The zero-order valence-corrected chi connectivity index (χ0v) is 22.0. The molecule has 0 aliphatic carbocycles. The molecule has 0 spiro atoms. The molecule has 0 atom stereocenters. The van der Waals surface area contributed by atoms with E-state index in [0.717, 1.165) is 16.9 Å². The van der Waals surface area contributed by atoms with Gasteiger partial charge >= 0.3 is 0 Å². The smallest absolute Gasteiger partial charge is 0.271 e. The van der Waals surface area contributed by atoms with Crippen molar-refractivity contribution in [2.75, 3.05) is 4.31 Å². The van der Waals surface area contributed by atoms with Crippen molar-refractivity contribution in [1.29, 1.82) is 0 Å². The molecule has 7 nitrogen and oxygen atoms in total. The van der Waals surface area contributed by atoms with Crippen LogP contribution < -0.4 is 14.5 Å². The second-order valence-corrected chi connectivity index (χ2v) is 10.7. The number of anilines is 1. The van der Waals surface area contributed by atoms with Crippen LogP contribution in [0.1, 0.15) is 35.3 Å². The quantitative estimate of drug-likeness (QED) is 0.214. The van der Waals surface area contributed by atoms with Crippen molar-refractivity contribution in [2.24, 2.45) is 5.10 Å². The predicted octanol–water partition coefficient (Wildman–Crippen LogP) is 5.63. The zero-order chi connectivity index (χ0) is 27.0. The number of carbonyl (C=O) groups excluding carboxylic acids is 1. The Morgan fingerprint density at radius 1 is 0.868 bits per heavy atom. The molecule has 0 saturated carbocycles. The first-order valence-electron chi connectivity index (χ1n) is 12.1. The maximum Gasteiger partial charge on any atom is 0.271 e. The molecular weight excluding hydrogens is 498 g/mol. The molecule has 4 aromatic carbocycles. The number of sulfonamides is 1. The maximum atomic E-state index is 13.5. The number of nitrogens with one attached hydrogen (secondary N) is 1. The lowest BCUT2D eigenvalue weighted by atomic mass is 10.1. The van der Waals surface area contributed by atoms with Gasteiger partial charge in [0.1, 0.15) is 5.75 Å². The number of benzene rings is 4. The highest BCUT2D eigenvalue weighted by atomic mass is 32.2. The van der Waals surface area contributed by atoms with E-state index in [1.807, 2.05) is 44.2 Å². The highest BCUT2D eigenvalue weighted by Crippen LogP contribution is 2.26. The third-order valence-corrected chi connectivity index (χ3v) is 7.34. The van der Waals surface area contributed by atoms with Crippen LogP contribution in [0.3, 0.4) is 0 Å². The van der Waals surface area contributed by atoms with Gasteiger partial charge in [-0.3, -0.25) is 9.10 Å². The average molecular weight is 528 g/mol. The zero-order valence-electron chi connectivity index (χ0n) is 21.2. The first-order chi connectivity index (χ1) is 18.3. The molecule has 4 aromatic rings. The minimum absolute atomic E-state index is 0.0925. The Labute approximate surface area is 223 Å². The fourth-order valence-corrected chi connectivity index (χ4v) is 5.16. The van der Waals surface area contributed by atoms with Crippen LogP contribution in [0, 0.1) is 0 Å². The number of rotatable bonds is 10. The fraction of sp³-hybridized carbons (Fsp3) is 0.133. The van der Waals surface area contributed by atoms with Crippen molar-refractivity contribution < 1.29 is 17.9 Å². The number of carbonyl (C=O) groups is 1. The second kappa shape index (κ2) is 12.2. The monoisotopic (exact) mass is 527 g/mol. The van der Waals surface area contributed by atoms with Crippen molar-refractivity contribution in [1.82, 2.24) is 5.43 Å². The van der Waals surface area contributed by atoms with Crippen LogP contribution in [-0.4, -0.2) is 26.6 Å². The lowest BCUT2D eigenvalue weighted by Gasteiger charge is -2.24. The Morgan fingerprint density at radius 3 is 2.08 bits per heavy atom. The molecule has 8 heteroatoms. The topological polar surface area (TPSA) is 88.1 Å². The van der Waals surface area contributed by atoms with Crippen LogP contribution in [0.4, 0.5) is 5.69 Å². The maximum absolute atomic E-state index is 13.5. The van der Waals surface area contributed by atoms with E-state index < -0.39 is 10.0 Å². The number of para-hydroxylation sites is 1. The minimum atomic E-state index is -3.80. The summed E-state index contributed by atoms with van der Waals surface area (Å²) in [6.07, 6.45) is 1.65. The van der Waals surface area contributed by atoms with E-state index in [9.17, 15) is 13.2 Å². The third-order valence-electron chi connectivity index (χ3n) is 5.55. The molecule has 194 valence electrons. The highest BCUT2D eigenvalue weighted by molar-refractivity contribution is 7.92. The molecule has 0 aliphatic heterocycles. The van der Waals surface area contributed by atoms with Gasteiger partial charge in [-0.05, 0) is 85.6 Å². The summed E-state index contributed by atoms with van der Waals surface area (Å²) in [5.41, 5.74) is 5.03. The summed E-state index contributed by atoms with van der Waals surface area (Å²) in [5.74, 6) is 0.396. The predicted molar refractivity (Wildman–Crippen MR) is 150 cm³/mol. The van der Waals surface area contributed by atoms with Gasteiger partial charge in [0.25, 0.3) is 15.9 Å². The molecule has 0 unspecified atom stereocenters. The average Bonchev–Trinajstić information content (AvgIpc) is 2.93. The summed E-state index contributed by atoms with van der Waals surface area (Å²) in [7, 11) is -3.80. The summed E-state index contributed by atoms with van der Waals surface area (Å²) >= 11 is 0. The number of ether oxygens (including phenoxy) is 1. The molecular formula is C30H29N3O4S. The Kier molecular flexibility index (Phi) is 8.55. The molecule has 0 aliphatic rings. The van der Waals surface area contributed by atoms with Gasteiger partial charge in [0, 0.05) is 5.56 Å². The van der Waals surface area contributed by atoms with E-state index in [-0.39, 0.29) is 23.5 Å². The second-order valence-electron chi connectivity index (χ2n) is 8.79. The lowest BCUT2D eigenvalue weighted by molar-refractivity contribution is 0.0955. The van der Waals surface area contributed by atoms with E-state index in [0.29, 0.717) is 11.3 Å². The molecule has 0 bridgehead atoms. The largest absolute Gasteiger partial charge is 0.491 e. The number of hydrazone groups is 1. The van der Waals surface area contributed by atoms with Crippen molar-refractivity contribution >= 4 is 27.8 Å². The SMILES string of the molecule is CC(C)Oc1ccc(/C=N\NC(=O)c2ccc(CN(c3ccccc3)S(=O)(=O)c3ccccc3)cc2)cc1. The van der Waals surface area contributed by atoms with Gasteiger partial charge in [-0.1, -0.05) is 48.5 Å². The van der Waals surface area contributed by atoms with Gasteiger partial charge in [0.2, 0.25) is 0 Å². The van der Waals surface area contributed by atoms with E-state index in [1.54, 1.807) is 85.1 Å². The fourth-order valence-electron chi connectivity index (χ4n) is 3.69. The number of nitrogens with zero attached hydrogens (tertiary/aromatic N) is 2. The first kappa shape index (κ1) is 26.6. The molecule has 38 heavy (non-hydrogen) atoms. The molecule has 0 heterocycles. The molecule has 1 N–H and O–H groups in total. The minimum Gasteiger partial charge on any atom is -0.491 e. The van der Waals surface area contributed by atoms with E-state index in [1.165, 1.54) is 4.31 Å². The van der Waals surface area contributed by atoms with Crippen molar-refractivity contribution in [3.63, 3.8) is 0 Å². The van der Waals surface area contributed by atoms with Crippen molar-refractivity contribution in [3.8, 4) is 5.75 Å². The van der Waals surface area contributed by atoms with Gasteiger partial charge in [-0.25, -0.2) is 13.8 Å². The molecule has 0 saturated heterocycles. The number of amides is 1. The Hall–Kier alpha value is -4.43. The Balaban J connectivity index is 1.44. The van der Waals surface area contributed by atoms with Crippen LogP contribution in [0.25, 0.3) is 0 Å². The molecule has 0 aromatic heterocycles. The summed E-state index contributed by atoms with van der Waals surface area (Å²) in [4.78, 5) is 12.8. The molecule has 4 rings (SSSR count). The van der Waals surface area contributed by atoms with Gasteiger partial charge < -0.3 is 4.74 Å². The molecule has 1 amide bonds. The Bertz CT molecular complexity index is 1470. The van der Waals surface area contributed by atoms with Crippen LogP contribution in [0.5, 0.6) is 5.75 Å². The van der Waals surface area contributed by atoms with E-state index in [4.69, 9.17) is 4.74 Å². The normalized spacial score (nSPS) is 11.4. The highest BCUT2D eigenvalue weighted by Gasteiger charge is 2.25. The van der Waals surface area contributed by atoms with Crippen LogP contribution in [0.2, 0.25) is 0 Å². The van der Waals surface area contributed by atoms with E-state index in [2.05, 4.69) is 10.5 Å². The molecule has 0 radical (unpaired) electrons. The first-order valence-corrected chi connectivity index (χ1v) is 13.6. The summed E-state index contributed by atoms with van der Waals surface area (Å²) in [5, 5.41) is 4.03. The van der Waals surface area contributed by atoms with Crippen molar-refractivity contribution in [2.45, 2.75) is 31.4 Å². The third kappa shape index (κ3) is 6.86. The summed E-state index contributed by atoms with van der Waals surface area (Å²) in [6, 6.07) is 31.4. The number of hydrogen-bond acceptors (Lipinski definition) is 5. The van der Waals surface area contributed by atoms with Crippen LogP contribution in [0.15, 0.2) is 119 Å². The van der Waals surface area contributed by atoms with Crippen LogP contribution in [-0.2, 0) is 16.6 Å².